The number of aryl methyl sites for hydroxylation is 1. The van der Waals surface area contributed by atoms with Crippen molar-refractivity contribution in [3.63, 3.8) is 0 Å². The maximum atomic E-state index is 12.6. The predicted octanol–water partition coefficient (Wildman–Crippen LogP) is 3.04. The molecule has 0 aliphatic carbocycles. The lowest BCUT2D eigenvalue weighted by Gasteiger charge is -2.22. The molecule has 9 heteroatoms. The molecule has 8 nitrogen and oxygen atoms in total. The highest BCUT2D eigenvalue weighted by Gasteiger charge is 2.43. The number of nitrogens with zero attached hydrogens (tertiary/aromatic N) is 1. The molecule has 1 heterocycles. The first kappa shape index (κ1) is 22.8. The Morgan fingerprint density at radius 1 is 1.03 bits per heavy atom. The molecule has 0 aromatic heterocycles. The van der Waals surface area contributed by atoms with Gasteiger partial charge in [-0.15, -0.1) is 0 Å². The van der Waals surface area contributed by atoms with E-state index in [-0.39, 0.29) is 31.1 Å². The lowest BCUT2D eigenvalue weighted by atomic mass is 10.2. The molecule has 2 aromatic rings. The molecule has 0 unspecified atom stereocenters. The summed E-state index contributed by atoms with van der Waals surface area (Å²) in [6.45, 7) is 3.55. The fourth-order valence-electron chi connectivity index (χ4n) is 3.27. The summed E-state index contributed by atoms with van der Waals surface area (Å²) in [4.78, 5) is 26.2. The smallest absolute Gasteiger partial charge is 0.410 e. The van der Waals surface area contributed by atoms with Crippen molar-refractivity contribution in [2.24, 2.45) is 0 Å². The van der Waals surface area contributed by atoms with Crippen LogP contribution >= 0.6 is 0 Å². The highest BCUT2D eigenvalue weighted by Crippen LogP contribution is 2.26. The number of carbonyl (C=O) groups excluding carboxylic acids is 2. The van der Waals surface area contributed by atoms with Crippen LogP contribution in [0.4, 0.5) is 4.79 Å². The van der Waals surface area contributed by atoms with E-state index in [0.29, 0.717) is 0 Å². The third kappa shape index (κ3) is 5.83. The summed E-state index contributed by atoms with van der Waals surface area (Å²) in [5.41, 5.74) is 1.70. The number of esters is 1. The van der Waals surface area contributed by atoms with E-state index in [2.05, 4.69) is 0 Å². The molecule has 2 aromatic carbocycles. The largest absolute Gasteiger partial charge is 0.464 e. The van der Waals surface area contributed by atoms with Gasteiger partial charge >= 0.3 is 12.1 Å². The van der Waals surface area contributed by atoms with Gasteiger partial charge in [0.2, 0.25) is 0 Å². The normalized spacial score (nSPS) is 18.6. The zero-order valence-electron chi connectivity index (χ0n) is 17.4. The number of amides is 1. The molecule has 1 saturated heterocycles. The molecule has 3 rings (SSSR count). The Balaban J connectivity index is 1.71. The summed E-state index contributed by atoms with van der Waals surface area (Å²) in [5.74, 6) is -0.627. The van der Waals surface area contributed by atoms with Gasteiger partial charge in [0.15, 0.2) is 0 Å². The molecule has 1 aliphatic rings. The van der Waals surface area contributed by atoms with Crippen LogP contribution in [0.1, 0.15) is 24.5 Å². The van der Waals surface area contributed by atoms with Crippen LogP contribution in [0.25, 0.3) is 0 Å². The summed E-state index contributed by atoms with van der Waals surface area (Å²) in [6, 6.07) is 14.4. The minimum Gasteiger partial charge on any atom is -0.464 e. The van der Waals surface area contributed by atoms with Crippen molar-refractivity contribution in [3.8, 4) is 0 Å². The Morgan fingerprint density at radius 3 is 2.35 bits per heavy atom. The highest BCUT2D eigenvalue weighted by molar-refractivity contribution is 7.86. The van der Waals surface area contributed by atoms with Crippen molar-refractivity contribution in [2.45, 2.75) is 43.9 Å². The van der Waals surface area contributed by atoms with Crippen molar-refractivity contribution < 1.29 is 31.7 Å². The molecular formula is C22H25NO7S. The zero-order chi connectivity index (χ0) is 22.4. The predicted molar refractivity (Wildman–Crippen MR) is 112 cm³/mol. The van der Waals surface area contributed by atoms with Gasteiger partial charge in [0.1, 0.15) is 12.6 Å². The first-order chi connectivity index (χ1) is 14.8. The third-order valence-electron chi connectivity index (χ3n) is 4.83. The van der Waals surface area contributed by atoms with E-state index in [1.54, 1.807) is 31.2 Å². The summed E-state index contributed by atoms with van der Waals surface area (Å²) >= 11 is 0. The molecule has 1 amide bonds. The third-order valence-corrected chi connectivity index (χ3v) is 6.21. The molecule has 0 radical (unpaired) electrons. The van der Waals surface area contributed by atoms with Gasteiger partial charge in [-0.1, -0.05) is 48.0 Å². The summed E-state index contributed by atoms with van der Waals surface area (Å²) < 4.78 is 40.9. The van der Waals surface area contributed by atoms with Gasteiger partial charge in [0.05, 0.1) is 24.2 Å². The number of rotatable bonds is 7. The standard InChI is InChI=1S/C22H25NO7S/c1-3-28-21(24)20-13-18(30-31(26,27)19-11-9-16(2)10-12-19)14-23(20)22(25)29-15-17-7-5-4-6-8-17/h4-12,18,20H,3,13-15H2,1-2H3/t18-,20+/m1/s1. The lowest BCUT2D eigenvalue weighted by Crippen LogP contribution is -2.41. The van der Waals surface area contributed by atoms with Gasteiger partial charge in [0, 0.05) is 6.42 Å². The molecule has 31 heavy (non-hydrogen) atoms. The second kappa shape index (κ2) is 9.93. The van der Waals surface area contributed by atoms with Crippen molar-refractivity contribution in [3.05, 3.63) is 65.7 Å². The monoisotopic (exact) mass is 447 g/mol. The Kier molecular flexibility index (Phi) is 7.29. The average molecular weight is 448 g/mol. The lowest BCUT2D eigenvalue weighted by molar-refractivity contribution is -0.148. The van der Waals surface area contributed by atoms with Crippen molar-refractivity contribution >= 4 is 22.2 Å². The maximum absolute atomic E-state index is 12.6. The fourth-order valence-corrected chi connectivity index (χ4v) is 4.35. The van der Waals surface area contributed by atoms with Crippen LogP contribution in [0.15, 0.2) is 59.5 Å². The van der Waals surface area contributed by atoms with Gasteiger partial charge in [-0.3, -0.25) is 9.08 Å². The van der Waals surface area contributed by atoms with E-state index in [0.717, 1.165) is 16.0 Å². The topological polar surface area (TPSA) is 99.2 Å². The quantitative estimate of drug-likeness (QED) is 0.475. The Morgan fingerprint density at radius 2 is 1.71 bits per heavy atom. The van der Waals surface area contributed by atoms with Gasteiger partial charge in [-0.2, -0.15) is 8.42 Å². The second-order valence-electron chi connectivity index (χ2n) is 7.18. The van der Waals surface area contributed by atoms with Crippen LogP contribution in [0.3, 0.4) is 0 Å². The number of carbonyl (C=O) groups is 2. The van der Waals surface area contributed by atoms with Crippen LogP contribution < -0.4 is 0 Å². The summed E-state index contributed by atoms with van der Waals surface area (Å²) in [7, 11) is -4.06. The molecular weight excluding hydrogens is 422 g/mol. The highest BCUT2D eigenvalue weighted by atomic mass is 32.2. The van der Waals surface area contributed by atoms with Gasteiger partial charge in [-0.25, -0.2) is 9.59 Å². The molecule has 1 aliphatic heterocycles. The van der Waals surface area contributed by atoms with Crippen LogP contribution in [-0.4, -0.2) is 50.7 Å². The summed E-state index contributed by atoms with van der Waals surface area (Å²) in [5, 5.41) is 0. The molecule has 1 fully saturated rings. The molecule has 0 bridgehead atoms. The fraction of sp³-hybridized carbons (Fsp3) is 0.364. The van der Waals surface area contributed by atoms with Crippen LogP contribution in [0, 0.1) is 6.92 Å². The van der Waals surface area contributed by atoms with E-state index in [4.69, 9.17) is 13.7 Å². The number of ether oxygens (including phenoxy) is 2. The van der Waals surface area contributed by atoms with E-state index in [9.17, 15) is 18.0 Å². The van der Waals surface area contributed by atoms with Crippen LogP contribution in [0.2, 0.25) is 0 Å². The Labute approximate surface area is 181 Å². The van der Waals surface area contributed by atoms with Crippen molar-refractivity contribution in [1.29, 1.82) is 0 Å². The summed E-state index contributed by atoms with van der Waals surface area (Å²) in [6.07, 6.45) is -1.64. The minimum atomic E-state index is -4.06. The van der Waals surface area contributed by atoms with Crippen LogP contribution in [-0.2, 0) is 35.2 Å². The Hall–Kier alpha value is -2.91. The SMILES string of the molecule is CCOC(=O)[C@@H]1C[C@@H](OS(=O)(=O)c2ccc(C)cc2)CN1C(=O)OCc1ccccc1. The number of benzene rings is 2. The van der Waals surface area contributed by atoms with Gasteiger partial charge in [0.25, 0.3) is 10.1 Å². The van der Waals surface area contributed by atoms with Gasteiger partial charge in [-0.05, 0) is 31.5 Å². The van der Waals surface area contributed by atoms with E-state index < -0.39 is 34.3 Å². The average Bonchev–Trinajstić information content (AvgIpc) is 3.16. The van der Waals surface area contributed by atoms with E-state index in [1.807, 2.05) is 25.1 Å². The first-order valence-corrected chi connectivity index (χ1v) is 11.3. The molecule has 0 saturated carbocycles. The number of hydrogen-bond acceptors (Lipinski definition) is 7. The minimum absolute atomic E-state index is 0.00956. The van der Waals surface area contributed by atoms with Crippen LogP contribution in [0.5, 0.6) is 0 Å². The molecule has 0 N–H and O–H groups in total. The Bertz CT molecular complexity index is 1010. The number of likely N-dealkylation sites (tertiary alicyclic amines) is 1. The van der Waals surface area contributed by atoms with E-state index >= 15 is 0 Å². The maximum Gasteiger partial charge on any atom is 0.410 e. The first-order valence-electron chi connectivity index (χ1n) is 9.94. The second-order valence-corrected chi connectivity index (χ2v) is 8.75. The van der Waals surface area contributed by atoms with Crippen molar-refractivity contribution in [1.82, 2.24) is 4.90 Å². The molecule has 2 atom stereocenters. The van der Waals surface area contributed by atoms with E-state index in [1.165, 1.54) is 12.1 Å². The molecule has 166 valence electrons. The zero-order valence-corrected chi connectivity index (χ0v) is 18.2. The van der Waals surface area contributed by atoms with Gasteiger partial charge < -0.3 is 9.47 Å². The van der Waals surface area contributed by atoms with Crippen molar-refractivity contribution in [2.75, 3.05) is 13.2 Å². The number of hydrogen-bond donors (Lipinski definition) is 0. The molecule has 0 spiro atoms.